The molecule has 2 fully saturated rings. The van der Waals surface area contributed by atoms with Gasteiger partial charge in [0.1, 0.15) is 5.69 Å². The van der Waals surface area contributed by atoms with Crippen LogP contribution in [0.1, 0.15) is 0 Å². The smallest absolute Gasteiger partial charge is 0.294 e. The number of anilines is 3. The molecule has 2 aliphatic rings. The van der Waals surface area contributed by atoms with E-state index in [2.05, 4.69) is 4.90 Å². The molecule has 2 N–H and O–H groups in total. The second-order valence-electron chi connectivity index (χ2n) is 5.36. The molecule has 8 nitrogen and oxygen atoms in total. The first kappa shape index (κ1) is 14.9. The summed E-state index contributed by atoms with van der Waals surface area (Å²) in [5.41, 5.74) is 8.00. The van der Waals surface area contributed by atoms with Gasteiger partial charge in [0, 0.05) is 32.2 Å². The molecule has 3 rings (SSSR count). The van der Waals surface area contributed by atoms with Crippen LogP contribution in [0.3, 0.4) is 0 Å². The minimum atomic E-state index is -0.371. The van der Waals surface area contributed by atoms with Gasteiger partial charge >= 0.3 is 0 Å². The number of morpholine rings is 2. The lowest BCUT2D eigenvalue weighted by Gasteiger charge is -2.32. The summed E-state index contributed by atoms with van der Waals surface area (Å²) in [7, 11) is 0. The van der Waals surface area contributed by atoms with Crippen LogP contribution in [-0.2, 0) is 9.47 Å². The first-order valence-corrected chi connectivity index (χ1v) is 7.40. The number of nitrogen functional groups attached to an aromatic ring is 1. The summed E-state index contributed by atoms with van der Waals surface area (Å²) in [6.45, 7) is 5.21. The van der Waals surface area contributed by atoms with E-state index < -0.39 is 0 Å². The Hall–Kier alpha value is -2.06. The standard InChI is InChI=1S/C14H20N4O4/c15-11-9-14(18(19)20)13(17-3-7-22-8-4-17)10-12(11)16-1-5-21-6-2-16/h9-10H,1-8,15H2. The quantitative estimate of drug-likeness (QED) is 0.502. The average Bonchev–Trinajstić information content (AvgIpc) is 2.56. The molecule has 2 aliphatic heterocycles. The zero-order valence-electron chi connectivity index (χ0n) is 12.4. The lowest BCUT2D eigenvalue weighted by Crippen LogP contribution is -2.38. The van der Waals surface area contributed by atoms with E-state index in [9.17, 15) is 10.1 Å². The summed E-state index contributed by atoms with van der Waals surface area (Å²) in [4.78, 5) is 15.1. The Kier molecular flexibility index (Phi) is 4.30. The molecule has 0 amide bonds. The molecule has 1 aromatic rings. The average molecular weight is 308 g/mol. The van der Waals surface area contributed by atoms with E-state index in [1.807, 2.05) is 11.0 Å². The van der Waals surface area contributed by atoms with Crippen LogP contribution in [-0.4, -0.2) is 57.5 Å². The Balaban J connectivity index is 1.98. The van der Waals surface area contributed by atoms with Gasteiger partial charge in [-0.3, -0.25) is 10.1 Å². The van der Waals surface area contributed by atoms with E-state index in [4.69, 9.17) is 15.2 Å². The predicted molar refractivity (Wildman–Crippen MR) is 83.6 cm³/mol. The van der Waals surface area contributed by atoms with Crippen molar-refractivity contribution in [2.24, 2.45) is 0 Å². The molecule has 120 valence electrons. The van der Waals surface area contributed by atoms with Crippen molar-refractivity contribution in [3.05, 3.63) is 22.2 Å². The van der Waals surface area contributed by atoms with Gasteiger partial charge in [-0.15, -0.1) is 0 Å². The lowest BCUT2D eigenvalue weighted by atomic mass is 10.1. The van der Waals surface area contributed by atoms with Gasteiger partial charge in [0.15, 0.2) is 0 Å². The second kappa shape index (κ2) is 6.37. The summed E-state index contributed by atoms with van der Waals surface area (Å²) in [6.07, 6.45) is 0. The Morgan fingerprint density at radius 3 is 1.95 bits per heavy atom. The van der Waals surface area contributed by atoms with Crippen molar-refractivity contribution in [1.29, 1.82) is 0 Å². The number of ether oxygens (including phenoxy) is 2. The summed E-state index contributed by atoms with van der Waals surface area (Å²) >= 11 is 0. The van der Waals surface area contributed by atoms with Gasteiger partial charge in [-0.1, -0.05) is 0 Å². The zero-order chi connectivity index (χ0) is 15.5. The van der Waals surface area contributed by atoms with Crippen molar-refractivity contribution < 1.29 is 14.4 Å². The molecule has 0 aliphatic carbocycles. The number of rotatable bonds is 3. The summed E-state index contributed by atoms with van der Waals surface area (Å²) < 4.78 is 10.7. The van der Waals surface area contributed by atoms with Crippen LogP contribution in [0.15, 0.2) is 12.1 Å². The Morgan fingerprint density at radius 2 is 1.45 bits per heavy atom. The molecular weight excluding hydrogens is 288 g/mol. The highest BCUT2D eigenvalue weighted by molar-refractivity contribution is 5.80. The van der Waals surface area contributed by atoms with Crippen molar-refractivity contribution in [3.8, 4) is 0 Å². The van der Waals surface area contributed by atoms with Gasteiger partial charge in [-0.25, -0.2) is 0 Å². The van der Waals surface area contributed by atoms with Crippen LogP contribution in [0, 0.1) is 10.1 Å². The van der Waals surface area contributed by atoms with Gasteiger partial charge in [-0.05, 0) is 6.07 Å². The highest BCUT2D eigenvalue weighted by atomic mass is 16.6. The molecule has 0 atom stereocenters. The molecule has 0 spiro atoms. The first-order chi connectivity index (χ1) is 10.7. The molecule has 0 bridgehead atoms. The van der Waals surface area contributed by atoms with Crippen molar-refractivity contribution >= 4 is 22.7 Å². The molecule has 1 aromatic carbocycles. The molecular formula is C14H20N4O4. The van der Waals surface area contributed by atoms with Crippen LogP contribution in [0.5, 0.6) is 0 Å². The number of nitro benzene ring substituents is 1. The number of hydrogen-bond acceptors (Lipinski definition) is 7. The van der Waals surface area contributed by atoms with E-state index in [0.717, 1.165) is 18.8 Å². The molecule has 0 aromatic heterocycles. The van der Waals surface area contributed by atoms with E-state index in [1.54, 1.807) is 0 Å². The van der Waals surface area contributed by atoms with Gasteiger partial charge in [0.25, 0.3) is 5.69 Å². The largest absolute Gasteiger partial charge is 0.397 e. The van der Waals surface area contributed by atoms with Crippen LogP contribution in [0.25, 0.3) is 0 Å². The SMILES string of the molecule is Nc1cc([N+](=O)[O-])c(N2CCOCC2)cc1N1CCOCC1. The monoisotopic (exact) mass is 308 g/mol. The van der Waals surface area contributed by atoms with Crippen LogP contribution < -0.4 is 15.5 Å². The summed E-state index contributed by atoms with van der Waals surface area (Å²) in [5.74, 6) is 0. The number of benzene rings is 1. The molecule has 2 saturated heterocycles. The topological polar surface area (TPSA) is 94.1 Å². The maximum absolute atomic E-state index is 11.4. The molecule has 8 heteroatoms. The third-order valence-corrected chi connectivity index (χ3v) is 4.02. The van der Waals surface area contributed by atoms with Crippen molar-refractivity contribution in [3.63, 3.8) is 0 Å². The van der Waals surface area contributed by atoms with E-state index in [-0.39, 0.29) is 10.6 Å². The fraction of sp³-hybridized carbons (Fsp3) is 0.571. The fourth-order valence-corrected chi connectivity index (χ4v) is 2.86. The maximum Gasteiger partial charge on any atom is 0.294 e. The Morgan fingerprint density at radius 1 is 0.955 bits per heavy atom. The summed E-state index contributed by atoms with van der Waals surface area (Å²) in [5, 5.41) is 11.4. The fourth-order valence-electron chi connectivity index (χ4n) is 2.86. The summed E-state index contributed by atoms with van der Waals surface area (Å²) in [6, 6.07) is 3.31. The van der Waals surface area contributed by atoms with Gasteiger partial charge in [-0.2, -0.15) is 0 Å². The number of hydrogen-bond donors (Lipinski definition) is 1. The third kappa shape index (κ3) is 2.93. The predicted octanol–water partition coefficient (Wildman–Crippen LogP) is 0.850. The molecule has 0 saturated carbocycles. The first-order valence-electron chi connectivity index (χ1n) is 7.40. The van der Waals surface area contributed by atoms with Crippen molar-refractivity contribution in [2.45, 2.75) is 0 Å². The van der Waals surface area contributed by atoms with Crippen molar-refractivity contribution in [2.75, 3.05) is 68.1 Å². The normalized spacial score (nSPS) is 19.3. The zero-order valence-corrected chi connectivity index (χ0v) is 12.4. The van der Waals surface area contributed by atoms with Gasteiger partial charge in [0.05, 0.1) is 42.7 Å². The minimum absolute atomic E-state index is 0.0522. The Bertz CT molecular complexity index is 554. The number of nitro groups is 1. The van der Waals surface area contributed by atoms with Crippen LogP contribution >= 0.6 is 0 Å². The van der Waals surface area contributed by atoms with Gasteiger partial charge < -0.3 is 25.0 Å². The number of nitrogens with zero attached hydrogens (tertiary/aromatic N) is 3. The molecule has 0 radical (unpaired) electrons. The lowest BCUT2D eigenvalue weighted by molar-refractivity contribution is -0.384. The van der Waals surface area contributed by atoms with Crippen LogP contribution in [0.4, 0.5) is 22.7 Å². The Labute approximate surface area is 128 Å². The highest BCUT2D eigenvalue weighted by Gasteiger charge is 2.25. The van der Waals surface area contributed by atoms with Crippen LogP contribution in [0.2, 0.25) is 0 Å². The molecule has 22 heavy (non-hydrogen) atoms. The molecule has 0 unspecified atom stereocenters. The minimum Gasteiger partial charge on any atom is -0.397 e. The van der Waals surface area contributed by atoms with Crippen molar-refractivity contribution in [1.82, 2.24) is 0 Å². The van der Waals surface area contributed by atoms with E-state index in [1.165, 1.54) is 6.07 Å². The highest BCUT2D eigenvalue weighted by Crippen LogP contribution is 2.37. The number of nitrogens with two attached hydrogens (primary N) is 1. The maximum atomic E-state index is 11.4. The van der Waals surface area contributed by atoms with E-state index in [0.29, 0.717) is 50.9 Å². The van der Waals surface area contributed by atoms with E-state index >= 15 is 0 Å². The second-order valence-corrected chi connectivity index (χ2v) is 5.36. The molecule has 2 heterocycles. The third-order valence-electron chi connectivity index (χ3n) is 4.02. The van der Waals surface area contributed by atoms with Gasteiger partial charge in [0.2, 0.25) is 0 Å².